The standard InChI is InChI=1S/C26H44N4O2/c1-11-17-29-23(3,4)21(31)27(25(29,7)8)19-15-13-14-16-20-28-22(32)24(5,6)30(18-12-2)26(28,9)10/h11-12H,1,13-20H2,3-10H3. The lowest BCUT2D eigenvalue weighted by atomic mass is 10.0. The fourth-order valence-corrected chi connectivity index (χ4v) is 5.82. The molecule has 2 fully saturated rings. The monoisotopic (exact) mass is 444 g/mol. The van der Waals surface area contributed by atoms with Gasteiger partial charge in [-0.2, -0.15) is 0 Å². The Morgan fingerprint density at radius 3 is 1.44 bits per heavy atom. The molecule has 0 atom stereocenters. The van der Waals surface area contributed by atoms with Crippen molar-refractivity contribution >= 4 is 11.8 Å². The van der Waals surface area contributed by atoms with Crippen molar-refractivity contribution in [1.29, 1.82) is 0 Å². The molecule has 0 aromatic carbocycles. The third-order valence-corrected chi connectivity index (χ3v) is 7.63. The smallest absolute Gasteiger partial charge is 0.244 e. The van der Waals surface area contributed by atoms with E-state index in [2.05, 4.69) is 44.1 Å². The first-order valence-electron chi connectivity index (χ1n) is 12.0. The number of nitrogens with zero attached hydrogens (tertiary/aromatic N) is 4. The Balaban J connectivity index is 1.87. The normalized spacial score (nSPS) is 24.4. The van der Waals surface area contributed by atoms with Gasteiger partial charge in [-0.3, -0.25) is 19.4 Å². The maximum absolute atomic E-state index is 13.1. The first-order valence-corrected chi connectivity index (χ1v) is 12.0. The van der Waals surface area contributed by atoms with Gasteiger partial charge in [0.25, 0.3) is 0 Å². The Labute approximate surface area is 196 Å². The minimum absolute atomic E-state index is 0.137. The molecule has 0 spiro atoms. The summed E-state index contributed by atoms with van der Waals surface area (Å²) in [5.41, 5.74) is -1.84. The summed E-state index contributed by atoms with van der Waals surface area (Å²) < 4.78 is 0. The van der Waals surface area contributed by atoms with Gasteiger partial charge in [-0.1, -0.05) is 25.0 Å². The van der Waals surface area contributed by atoms with Crippen LogP contribution in [0.1, 0.15) is 81.1 Å². The summed E-state index contributed by atoms with van der Waals surface area (Å²) in [7, 11) is 0. The average molecular weight is 445 g/mol. The van der Waals surface area contributed by atoms with Crippen LogP contribution in [0.15, 0.2) is 18.7 Å². The number of unbranched alkanes of at least 4 members (excludes halogenated alkanes) is 3. The molecule has 6 heteroatoms. The third-order valence-electron chi connectivity index (χ3n) is 7.63. The molecular weight excluding hydrogens is 400 g/mol. The molecule has 6 nitrogen and oxygen atoms in total. The number of hydrogen-bond donors (Lipinski definition) is 0. The molecule has 2 saturated heterocycles. The first kappa shape index (κ1) is 26.6. The van der Waals surface area contributed by atoms with Gasteiger partial charge in [-0.25, -0.2) is 0 Å². The lowest BCUT2D eigenvalue weighted by molar-refractivity contribution is -0.134. The number of hydrogen-bond acceptors (Lipinski definition) is 4. The fraction of sp³-hybridized carbons (Fsp3) is 0.769. The van der Waals surface area contributed by atoms with E-state index in [-0.39, 0.29) is 17.5 Å². The van der Waals surface area contributed by atoms with Crippen LogP contribution >= 0.6 is 0 Å². The van der Waals surface area contributed by atoms with Crippen LogP contribution in [0.25, 0.3) is 0 Å². The molecule has 2 amide bonds. The van der Waals surface area contributed by atoms with Crippen molar-refractivity contribution in [2.24, 2.45) is 0 Å². The van der Waals surface area contributed by atoms with E-state index in [1.807, 2.05) is 43.6 Å². The van der Waals surface area contributed by atoms with E-state index in [0.29, 0.717) is 13.1 Å². The number of carbonyl (C=O) groups is 2. The van der Waals surface area contributed by atoms with Crippen LogP contribution in [0.3, 0.4) is 0 Å². The number of amides is 2. The molecule has 0 saturated carbocycles. The molecule has 180 valence electrons. The zero-order valence-corrected chi connectivity index (χ0v) is 21.6. The number of carbonyl (C=O) groups excluding carboxylic acids is 2. The SMILES string of the molecule is [C]=CCN1C(C)(C)C(=O)N(CCCCCCN2C(=O)C(C)(C)N(CC=C)C2(C)C)C1(C)C. The van der Waals surface area contributed by atoms with Crippen LogP contribution in [-0.4, -0.2) is 80.0 Å². The summed E-state index contributed by atoms with van der Waals surface area (Å²) in [4.78, 5) is 34.4. The predicted molar refractivity (Wildman–Crippen MR) is 130 cm³/mol. The van der Waals surface area contributed by atoms with Crippen LogP contribution in [-0.2, 0) is 9.59 Å². The number of rotatable bonds is 11. The molecule has 0 aliphatic carbocycles. The van der Waals surface area contributed by atoms with Crippen molar-refractivity contribution in [3.8, 4) is 0 Å². The Morgan fingerprint density at radius 1 is 0.719 bits per heavy atom. The largest absolute Gasteiger partial charge is 0.323 e. The summed E-state index contributed by atoms with van der Waals surface area (Å²) in [5.74, 6) is 0.320. The predicted octanol–water partition coefficient (Wildman–Crippen LogP) is 3.92. The van der Waals surface area contributed by atoms with E-state index in [1.165, 1.54) is 6.08 Å². The Morgan fingerprint density at radius 2 is 1.09 bits per heavy atom. The fourth-order valence-electron chi connectivity index (χ4n) is 5.82. The highest BCUT2D eigenvalue weighted by atomic mass is 16.2. The zero-order chi connectivity index (χ0) is 24.5. The molecule has 0 bridgehead atoms. The minimum Gasteiger partial charge on any atom is -0.323 e. The van der Waals surface area contributed by atoms with Gasteiger partial charge < -0.3 is 9.80 Å². The average Bonchev–Trinajstić information content (AvgIpc) is 2.89. The van der Waals surface area contributed by atoms with E-state index in [4.69, 9.17) is 6.58 Å². The molecule has 2 rings (SSSR count). The highest BCUT2D eigenvalue weighted by molar-refractivity contribution is 5.89. The van der Waals surface area contributed by atoms with Gasteiger partial charge in [0.2, 0.25) is 11.8 Å². The van der Waals surface area contributed by atoms with E-state index < -0.39 is 16.7 Å². The Hall–Kier alpha value is -1.66. The molecular formula is C26H44N4O2. The van der Waals surface area contributed by atoms with Gasteiger partial charge in [0.1, 0.15) is 0 Å². The van der Waals surface area contributed by atoms with E-state index in [0.717, 1.165) is 38.8 Å². The minimum atomic E-state index is -0.590. The van der Waals surface area contributed by atoms with Crippen molar-refractivity contribution in [3.63, 3.8) is 0 Å². The topological polar surface area (TPSA) is 47.1 Å². The summed E-state index contributed by atoms with van der Waals surface area (Å²) in [6, 6.07) is 0. The quantitative estimate of drug-likeness (QED) is 0.358. The second kappa shape index (κ2) is 9.30. The summed E-state index contributed by atoms with van der Waals surface area (Å²) in [5, 5.41) is 0. The van der Waals surface area contributed by atoms with Gasteiger partial charge in [-0.15, -0.1) is 6.58 Å². The molecule has 2 radical (unpaired) electrons. The maximum atomic E-state index is 13.1. The van der Waals surface area contributed by atoms with Crippen molar-refractivity contribution in [2.75, 3.05) is 26.2 Å². The van der Waals surface area contributed by atoms with Crippen molar-refractivity contribution in [3.05, 3.63) is 25.3 Å². The Bertz CT molecular complexity index is 676. The molecule has 2 heterocycles. The van der Waals surface area contributed by atoms with E-state index in [1.54, 1.807) is 0 Å². The molecule has 0 unspecified atom stereocenters. The lowest BCUT2D eigenvalue weighted by Gasteiger charge is -2.40. The molecule has 0 aromatic rings. The molecule has 2 aliphatic heterocycles. The second-order valence-electron chi connectivity index (χ2n) is 11.1. The van der Waals surface area contributed by atoms with Gasteiger partial charge >= 0.3 is 0 Å². The highest BCUT2D eigenvalue weighted by Gasteiger charge is 2.56. The second-order valence-corrected chi connectivity index (χ2v) is 11.1. The van der Waals surface area contributed by atoms with Gasteiger partial charge in [0, 0.05) is 26.2 Å². The third kappa shape index (κ3) is 4.41. The first-order chi connectivity index (χ1) is 14.7. The van der Waals surface area contributed by atoms with Crippen LogP contribution in [0.2, 0.25) is 0 Å². The van der Waals surface area contributed by atoms with Crippen molar-refractivity contribution in [1.82, 2.24) is 19.6 Å². The van der Waals surface area contributed by atoms with Crippen molar-refractivity contribution in [2.45, 2.75) is 103 Å². The van der Waals surface area contributed by atoms with E-state index in [9.17, 15) is 9.59 Å². The molecule has 32 heavy (non-hydrogen) atoms. The lowest BCUT2D eigenvalue weighted by Crippen LogP contribution is -2.52. The summed E-state index contributed by atoms with van der Waals surface area (Å²) in [6.07, 6.45) is 7.18. The van der Waals surface area contributed by atoms with Gasteiger partial charge in [0.05, 0.1) is 22.4 Å². The van der Waals surface area contributed by atoms with Crippen LogP contribution in [0.4, 0.5) is 0 Å². The summed E-state index contributed by atoms with van der Waals surface area (Å²) >= 11 is 0. The van der Waals surface area contributed by atoms with Crippen LogP contribution < -0.4 is 0 Å². The summed E-state index contributed by atoms with van der Waals surface area (Å²) in [6.45, 7) is 30.3. The van der Waals surface area contributed by atoms with Gasteiger partial charge in [-0.05, 0) is 74.8 Å². The van der Waals surface area contributed by atoms with Crippen LogP contribution in [0, 0.1) is 6.58 Å². The van der Waals surface area contributed by atoms with Crippen LogP contribution in [0.5, 0.6) is 0 Å². The van der Waals surface area contributed by atoms with Gasteiger partial charge in [0.15, 0.2) is 0 Å². The highest BCUT2D eigenvalue weighted by Crippen LogP contribution is 2.39. The van der Waals surface area contributed by atoms with Crippen molar-refractivity contribution < 1.29 is 9.59 Å². The Kier molecular flexibility index (Phi) is 7.73. The molecule has 0 N–H and O–H groups in total. The molecule has 0 aromatic heterocycles. The zero-order valence-electron chi connectivity index (χ0n) is 21.6. The maximum Gasteiger partial charge on any atom is 0.244 e. The van der Waals surface area contributed by atoms with E-state index >= 15 is 0 Å². The molecule has 2 aliphatic rings.